The van der Waals surface area contributed by atoms with Crippen molar-refractivity contribution in [2.75, 3.05) is 0 Å². The summed E-state index contributed by atoms with van der Waals surface area (Å²) in [4.78, 5) is 0. The van der Waals surface area contributed by atoms with Gasteiger partial charge in [0, 0.05) is 5.92 Å². The smallest absolute Gasteiger partial charge is 0.115 e. The Morgan fingerprint density at radius 1 is 1.55 bits per heavy atom. The van der Waals surface area contributed by atoms with Gasteiger partial charge in [0.15, 0.2) is 0 Å². The molecule has 0 N–H and O–H groups in total. The van der Waals surface area contributed by atoms with E-state index < -0.39 is 5.67 Å². The number of alkyl halides is 1. The maximum Gasteiger partial charge on any atom is 0.115 e. The summed E-state index contributed by atoms with van der Waals surface area (Å²) in [5.74, 6) is 0.113. The number of rotatable bonds is 1. The average molecular weight is 156 g/mol. The van der Waals surface area contributed by atoms with Crippen LogP contribution in [0.2, 0.25) is 0 Å². The molecule has 0 amide bonds. The summed E-state index contributed by atoms with van der Waals surface area (Å²) in [5.41, 5.74) is 0.168. The zero-order valence-electron chi connectivity index (χ0n) is 7.87. The first-order valence-electron chi connectivity index (χ1n) is 4.13. The fourth-order valence-corrected chi connectivity index (χ4v) is 1.35. The molecule has 0 saturated heterocycles. The Kier molecular flexibility index (Phi) is 1.66. The first-order valence-corrected chi connectivity index (χ1v) is 4.13. The summed E-state index contributed by atoms with van der Waals surface area (Å²) < 4.78 is 13.2. The average Bonchev–Trinajstić information content (AvgIpc) is 2.36. The van der Waals surface area contributed by atoms with Gasteiger partial charge < -0.3 is 0 Å². The van der Waals surface area contributed by atoms with Crippen molar-refractivity contribution < 1.29 is 4.39 Å². The predicted octanol–water partition coefficient (Wildman–Crippen LogP) is 3.34. The zero-order chi connectivity index (χ0) is 8.86. The topological polar surface area (TPSA) is 0 Å². The molecular formula is C10H17F. The van der Waals surface area contributed by atoms with Crippen LogP contribution in [0.1, 0.15) is 34.1 Å². The molecule has 0 aromatic carbocycles. The standard InChI is InChI=1S/C10H17F/c1-7(9(2,3)4)8-6-10(8,5)11/h8H,1,6H2,2-5H3. The summed E-state index contributed by atoms with van der Waals surface area (Å²) in [5, 5.41) is 0. The van der Waals surface area contributed by atoms with Crippen LogP contribution in [-0.4, -0.2) is 5.67 Å². The Bertz CT molecular complexity index is 184. The van der Waals surface area contributed by atoms with E-state index in [9.17, 15) is 4.39 Å². The molecule has 0 aromatic rings. The second-order valence-corrected chi connectivity index (χ2v) is 4.81. The molecule has 1 heteroatoms. The molecule has 2 unspecified atom stereocenters. The summed E-state index contributed by atoms with van der Waals surface area (Å²) in [6.45, 7) is 11.9. The molecular weight excluding hydrogens is 139 g/mol. The van der Waals surface area contributed by atoms with E-state index in [2.05, 4.69) is 27.4 Å². The SMILES string of the molecule is C=C(C1CC1(C)F)C(C)(C)C. The van der Waals surface area contributed by atoms with Crippen LogP contribution in [0.5, 0.6) is 0 Å². The van der Waals surface area contributed by atoms with Gasteiger partial charge in [-0.25, -0.2) is 4.39 Å². The van der Waals surface area contributed by atoms with Crippen molar-refractivity contribution in [3.05, 3.63) is 12.2 Å². The molecule has 1 aliphatic rings. The molecule has 0 nitrogen and oxygen atoms in total. The maximum absolute atomic E-state index is 13.2. The minimum absolute atomic E-state index is 0.0640. The van der Waals surface area contributed by atoms with Crippen LogP contribution >= 0.6 is 0 Å². The Morgan fingerprint density at radius 3 is 2.00 bits per heavy atom. The third-order valence-corrected chi connectivity index (χ3v) is 2.55. The molecule has 0 heterocycles. The second kappa shape index (κ2) is 2.09. The molecule has 64 valence electrons. The van der Waals surface area contributed by atoms with E-state index >= 15 is 0 Å². The van der Waals surface area contributed by atoms with Crippen molar-refractivity contribution in [2.45, 2.75) is 39.8 Å². The Morgan fingerprint density at radius 2 is 1.91 bits per heavy atom. The van der Waals surface area contributed by atoms with Crippen LogP contribution in [0.25, 0.3) is 0 Å². The lowest BCUT2D eigenvalue weighted by Crippen LogP contribution is -2.13. The predicted molar refractivity (Wildman–Crippen MR) is 46.2 cm³/mol. The Hall–Kier alpha value is -0.330. The molecule has 0 bridgehead atoms. The van der Waals surface area contributed by atoms with Crippen molar-refractivity contribution in [2.24, 2.45) is 11.3 Å². The molecule has 1 rings (SSSR count). The van der Waals surface area contributed by atoms with Crippen molar-refractivity contribution >= 4 is 0 Å². The summed E-state index contributed by atoms with van der Waals surface area (Å²) in [6.07, 6.45) is 0.670. The van der Waals surface area contributed by atoms with Gasteiger partial charge in [0.1, 0.15) is 5.67 Å². The van der Waals surface area contributed by atoms with E-state index in [1.54, 1.807) is 6.92 Å². The Labute approximate surface area is 68.5 Å². The van der Waals surface area contributed by atoms with Gasteiger partial charge >= 0.3 is 0 Å². The summed E-state index contributed by atoms with van der Waals surface area (Å²) >= 11 is 0. The minimum atomic E-state index is -0.954. The van der Waals surface area contributed by atoms with Crippen LogP contribution in [0.3, 0.4) is 0 Å². The lowest BCUT2D eigenvalue weighted by molar-refractivity contribution is 0.306. The molecule has 2 atom stereocenters. The molecule has 0 aliphatic heterocycles. The van der Waals surface area contributed by atoms with Crippen LogP contribution in [0, 0.1) is 11.3 Å². The van der Waals surface area contributed by atoms with E-state index in [1.165, 1.54) is 0 Å². The minimum Gasteiger partial charge on any atom is -0.244 e. The van der Waals surface area contributed by atoms with Crippen LogP contribution in [-0.2, 0) is 0 Å². The highest BCUT2D eigenvalue weighted by Gasteiger charge is 2.54. The van der Waals surface area contributed by atoms with Crippen LogP contribution < -0.4 is 0 Å². The quantitative estimate of drug-likeness (QED) is 0.511. The molecule has 1 fully saturated rings. The second-order valence-electron chi connectivity index (χ2n) is 4.81. The van der Waals surface area contributed by atoms with E-state index in [-0.39, 0.29) is 11.3 Å². The van der Waals surface area contributed by atoms with Crippen LogP contribution in [0.4, 0.5) is 4.39 Å². The molecule has 0 aromatic heterocycles. The number of hydrogen-bond donors (Lipinski definition) is 0. The molecule has 11 heavy (non-hydrogen) atoms. The van der Waals surface area contributed by atoms with Crippen molar-refractivity contribution in [3.63, 3.8) is 0 Å². The van der Waals surface area contributed by atoms with Crippen molar-refractivity contribution in [3.8, 4) is 0 Å². The highest BCUT2D eigenvalue weighted by Crippen LogP contribution is 2.54. The zero-order valence-corrected chi connectivity index (χ0v) is 7.87. The number of allylic oxidation sites excluding steroid dienone is 1. The fraction of sp³-hybridized carbons (Fsp3) is 0.800. The highest BCUT2D eigenvalue weighted by molar-refractivity contribution is 5.23. The van der Waals surface area contributed by atoms with E-state index in [0.29, 0.717) is 6.42 Å². The molecule has 0 radical (unpaired) electrons. The van der Waals surface area contributed by atoms with Gasteiger partial charge in [0.2, 0.25) is 0 Å². The Balaban J connectivity index is 2.60. The van der Waals surface area contributed by atoms with Gasteiger partial charge in [-0.1, -0.05) is 32.9 Å². The first-order chi connectivity index (χ1) is 4.75. The van der Waals surface area contributed by atoms with Crippen molar-refractivity contribution in [1.82, 2.24) is 0 Å². The maximum atomic E-state index is 13.2. The third-order valence-electron chi connectivity index (χ3n) is 2.55. The number of hydrogen-bond acceptors (Lipinski definition) is 0. The van der Waals surface area contributed by atoms with Gasteiger partial charge in [0.05, 0.1) is 0 Å². The summed E-state index contributed by atoms with van der Waals surface area (Å²) in [6, 6.07) is 0. The normalized spacial score (nSPS) is 37.0. The van der Waals surface area contributed by atoms with E-state index in [0.717, 1.165) is 5.57 Å². The first kappa shape index (κ1) is 8.76. The largest absolute Gasteiger partial charge is 0.244 e. The van der Waals surface area contributed by atoms with Gasteiger partial charge in [-0.05, 0) is 18.8 Å². The monoisotopic (exact) mass is 156 g/mol. The number of halogens is 1. The fourth-order valence-electron chi connectivity index (χ4n) is 1.35. The molecule has 1 saturated carbocycles. The van der Waals surface area contributed by atoms with Crippen LogP contribution in [0.15, 0.2) is 12.2 Å². The van der Waals surface area contributed by atoms with E-state index in [1.807, 2.05) is 0 Å². The van der Waals surface area contributed by atoms with Gasteiger partial charge in [-0.2, -0.15) is 0 Å². The van der Waals surface area contributed by atoms with Crippen molar-refractivity contribution in [1.29, 1.82) is 0 Å². The third kappa shape index (κ3) is 1.63. The molecule has 1 aliphatic carbocycles. The lowest BCUT2D eigenvalue weighted by atomic mass is 9.84. The highest BCUT2D eigenvalue weighted by atomic mass is 19.1. The van der Waals surface area contributed by atoms with Gasteiger partial charge in [-0.3, -0.25) is 0 Å². The molecule has 0 spiro atoms. The van der Waals surface area contributed by atoms with E-state index in [4.69, 9.17) is 0 Å². The lowest BCUT2D eigenvalue weighted by Gasteiger charge is -2.22. The summed E-state index contributed by atoms with van der Waals surface area (Å²) in [7, 11) is 0. The van der Waals surface area contributed by atoms with Gasteiger partial charge in [-0.15, -0.1) is 0 Å². The van der Waals surface area contributed by atoms with Gasteiger partial charge in [0.25, 0.3) is 0 Å².